The number of amides is 1. The van der Waals surface area contributed by atoms with E-state index in [1.807, 2.05) is 0 Å². The van der Waals surface area contributed by atoms with Crippen molar-refractivity contribution < 1.29 is 4.79 Å². The minimum absolute atomic E-state index is 0. The van der Waals surface area contributed by atoms with Gasteiger partial charge >= 0.3 is 0 Å². The van der Waals surface area contributed by atoms with Crippen molar-refractivity contribution in [2.75, 3.05) is 6.54 Å². The quantitative estimate of drug-likeness (QED) is 0.499. The fraction of sp³-hybridized carbons (Fsp3) is 0.562. The van der Waals surface area contributed by atoms with Crippen LogP contribution in [-0.2, 0) is 11.2 Å². The number of hydrogen-bond acceptors (Lipinski definition) is 2. The molecule has 21 heavy (non-hydrogen) atoms. The standard InChI is InChI=1S/C16H23IN2O.ClH/c17-14-9-5-12(6-10-14)3-1-2-4-16(20)19-11-15(18)13-7-8-13;/h5-6,9-10,13,15H,1-4,7-8,11,18H2,(H,19,20);1H. The number of aryl methyl sites for hydroxylation is 1. The van der Waals surface area contributed by atoms with Gasteiger partial charge in [0.05, 0.1) is 0 Å². The summed E-state index contributed by atoms with van der Waals surface area (Å²) in [5.74, 6) is 0.792. The van der Waals surface area contributed by atoms with Gasteiger partial charge in [-0.1, -0.05) is 12.1 Å². The predicted molar refractivity (Wildman–Crippen MR) is 97.7 cm³/mol. The van der Waals surface area contributed by atoms with Crippen molar-refractivity contribution in [1.82, 2.24) is 5.32 Å². The Kier molecular flexibility index (Phi) is 8.59. The number of nitrogens with one attached hydrogen (secondary N) is 1. The summed E-state index contributed by atoms with van der Waals surface area (Å²) in [6, 6.07) is 8.74. The summed E-state index contributed by atoms with van der Waals surface area (Å²) in [4.78, 5) is 11.7. The topological polar surface area (TPSA) is 55.1 Å². The molecular formula is C16H24ClIN2O. The van der Waals surface area contributed by atoms with Crippen LogP contribution in [0.1, 0.15) is 37.7 Å². The first-order chi connectivity index (χ1) is 9.65. The van der Waals surface area contributed by atoms with Crippen molar-refractivity contribution in [1.29, 1.82) is 0 Å². The van der Waals surface area contributed by atoms with E-state index >= 15 is 0 Å². The summed E-state index contributed by atoms with van der Waals surface area (Å²) < 4.78 is 1.26. The maximum atomic E-state index is 11.7. The van der Waals surface area contributed by atoms with Crippen molar-refractivity contribution in [2.24, 2.45) is 11.7 Å². The highest BCUT2D eigenvalue weighted by molar-refractivity contribution is 14.1. The normalized spacial score (nSPS) is 15.1. The van der Waals surface area contributed by atoms with Gasteiger partial charge in [-0.15, -0.1) is 12.4 Å². The van der Waals surface area contributed by atoms with E-state index < -0.39 is 0 Å². The molecule has 118 valence electrons. The van der Waals surface area contributed by atoms with Crippen molar-refractivity contribution in [2.45, 2.75) is 44.6 Å². The fourth-order valence-corrected chi connectivity index (χ4v) is 2.64. The highest BCUT2D eigenvalue weighted by Gasteiger charge is 2.28. The molecule has 0 spiro atoms. The number of hydrogen-bond donors (Lipinski definition) is 2. The molecule has 0 bridgehead atoms. The Morgan fingerprint density at radius 2 is 1.95 bits per heavy atom. The minimum atomic E-state index is 0. The van der Waals surface area contributed by atoms with Gasteiger partial charge in [-0.2, -0.15) is 0 Å². The summed E-state index contributed by atoms with van der Waals surface area (Å²) in [6.45, 7) is 0.640. The number of benzene rings is 1. The molecular weight excluding hydrogens is 399 g/mol. The molecule has 0 heterocycles. The van der Waals surface area contributed by atoms with Crippen LogP contribution in [0.2, 0.25) is 0 Å². The zero-order chi connectivity index (χ0) is 14.4. The second-order valence-corrected chi connectivity index (χ2v) is 6.88. The molecule has 3 nitrogen and oxygen atoms in total. The van der Waals surface area contributed by atoms with Crippen LogP contribution in [0.5, 0.6) is 0 Å². The molecule has 0 radical (unpaired) electrons. The van der Waals surface area contributed by atoms with E-state index in [1.54, 1.807) is 0 Å². The highest BCUT2D eigenvalue weighted by atomic mass is 127. The molecule has 1 fully saturated rings. The van der Waals surface area contributed by atoms with E-state index in [2.05, 4.69) is 52.2 Å². The number of nitrogens with two attached hydrogens (primary N) is 1. The second kappa shape index (κ2) is 9.64. The summed E-state index contributed by atoms with van der Waals surface area (Å²) in [6.07, 6.45) is 6.12. The van der Waals surface area contributed by atoms with Crippen molar-refractivity contribution in [3.05, 3.63) is 33.4 Å². The molecule has 1 saturated carbocycles. The van der Waals surface area contributed by atoms with Gasteiger partial charge in [0.1, 0.15) is 0 Å². The van der Waals surface area contributed by atoms with Gasteiger partial charge in [0.25, 0.3) is 0 Å². The lowest BCUT2D eigenvalue weighted by Crippen LogP contribution is -2.38. The highest BCUT2D eigenvalue weighted by Crippen LogP contribution is 2.31. The Labute approximate surface area is 147 Å². The molecule has 0 aromatic heterocycles. The average Bonchev–Trinajstić information content (AvgIpc) is 3.27. The molecule has 1 unspecified atom stereocenters. The van der Waals surface area contributed by atoms with Gasteiger partial charge < -0.3 is 11.1 Å². The number of carbonyl (C=O) groups is 1. The number of carbonyl (C=O) groups excluding carboxylic acids is 1. The zero-order valence-electron chi connectivity index (χ0n) is 12.2. The van der Waals surface area contributed by atoms with Gasteiger partial charge in [-0.25, -0.2) is 0 Å². The van der Waals surface area contributed by atoms with Gasteiger partial charge in [-0.3, -0.25) is 4.79 Å². The molecule has 1 aromatic rings. The van der Waals surface area contributed by atoms with Crippen LogP contribution in [0.15, 0.2) is 24.3 Å². The van der Waals surface area contributed by atoms with Crippen LogP contribution in [-0.4, -0.2) is 18.5 Å². The van der Waals surface area contributed by atoms with Gasteiger partial charge in [0.2, 0.25) is 5.91 Å². The van der Waals surface area contributed by atoms with Gasteiger partial charge in [0, 0.05) is 22.6 Å². The number of rotatable bonds is 8. The van der Waals surface area contributed by atoms with E-state index in [0.29, 0.717) is 18.9 Å². The molecule has 1 aromatic carbocycles. The summed E-state index contributed by atoms with van der Waals surface area (Å²) in [5.41, 5.74) is 7.30. The van der Waals surface area contributed by atoms with Crippen molar-refractivity contribution in [3.8, 4) is 0 Å². The Hall–Kier alpha value is -0.330. The first-order valence-corrected chi connectivity index (χ1v) is 8.50. The summed E-state index contributed by atoms with van der Waals surface area (Å²) in [7, 11) is 0. The molecule has 1 aliphatic rings. The molecule has 3 N–H and O–H groups in total. The van der Waals surface area contributed by atoms with Crippen LogP contribution in [0.25, 0.3) is 0 Å². The van der Waals surface area contributed by atoms with Gasteiger partial charge in [-0.05, 0) is 78.3 Å². The first kappa shape index (κ1) is 18.7. The number of unbranched alkanes of at least 4 members (excludes halogenated alkanes) is 1. The Balaban J connectivity index is 0.00000220. The smallest absolute Gasteiger partial charge is 0.220 e. The van der Waals surface area contributed by atoms with Gasteiger partial charge in [0.15, 0.2) is 0 Å². The minimum Gasteiger partial charge on any atom is -0.355 e. The third-order valence-electron chi connectivity index (χ3n) is 3.79. The largest absolute Gasteiger partial charge is 0.355 e. The molecule has 1 amide bonds. The molecule has 0 aliphatic heterocycles. The van der Waals surface area contributed by atoms with Crippen LogP contribution < -0.4 is 11.1 Å². The van der Waals surface area contributed by atoms with Crippen LogP contribution in [0, 0.1) is 9.49 Å². The maximum Gasteiger partial charge on any atom is 0.220 e. The third kappa shape index (κ3) is 7.47. The summed E-state index contributed by atoms with van der Waals surface area (Å²) in [5, 5.41) is 2.94. The van der Waals surface area contributed by atoms with Crippen molar-refractivity contribution in [3.63, 3.8) is 0 Å². The third-order valence-corrected chi connectivity index (χ3v) is 4.51. The monoisotopic (exact) mass is 422 g/mol. The lowest BCUT2D eigenvalue weighted by atomic mass is 10.1. The van der Waals surface area contributed by atoms with E-state index in [-0.39, 0.29) is 24.4 Å². The predicted octanol–water partition coefficient (Wildman–Crippen LogP) is 3.28. The first-order valence-electron chi connectivity index (χ1n) is 7.42. The zero-order valence-corrected chi connectivity index (χ0v) is 15.2. The molecule has 2 rings (SSSR count). The maximum absolute atomic E-state index is 11.7. The molecule has 5 heteroatoms. The Morgan fingerprint density at radius 3 is 2.57 bits per heavy atom. The number of halogens is 2. The molecule has 1 aliphatic carbocycles. The van der Waals surface area contributed by atoms with Crippen LogP contribution >= 0.6 is 35.0 Å². The van der Waals surface area contributed by atoms with E-state index in [4.69, 9.17) is 5.73 Å². The Morgan fingerprint density at radius 1 is 1.29 bits per heavy atom. The Bertz CT molecular complexity index is 434. The molecule has 0 saturated heterocycles. The van der Waals surface area contributed by atoms with Crippen molar-refractivity contribution >= 4 is 40.9 Å². The van der Waals surface area contributed by atoms with Crippen LogP contribution in [0.4, 0.5) is 0 Å². The lowest BCUT2D eigenvalue weighted by molar-refractivity contribution is -0.121. The average molecular weight is 423 g/mol. The lowest BCUT2D eigenvalue weighted by Gasteiger charge is -2.11. The second-order valence-electron chi connectivity index (χ2n) is 5.64. The summed E-state index contributed by atoms with van der Waals surface area (Å²) >= 11 is 2.31. The molecule has 1 atom stereocenters. The van der Waals surface area contributed by atoms with E-state index in [0.717, 1.165) is 19.3 Å². The van der Waals surface area contributed by atoms with Crippen LogP contribution in [0.3, 0.4) is 0 Å². The van der Waals surface area contributed by atoms with E-state index in [1.165, 1.54) is 22.0 Å². The van der Waals surface area contributed by atoms with E-state index in [9.17, 15) is 4.79 Å². The SMILES string of the molecule is Cl.NC(CNC(=O)CCCCc1ccc(I)cc1)C1CC1. The fourth-order valence-electron chi connectivity index (χ4n) is 2.28.